The van der Waals surface area contributed by atoms with Crippen molar-refractivity contribution < 1.29 is 47.2 Å². The van der Waals surface area contributed by atoms with E-state index >= 15 is 0 Å². The summed E-state index contributed by atoms with van der Waals surface area (Å²) in [6.07, 6.45) is -6.00. The lowest BCUT2D eigenvalue weighted by Crippen LogP contribution is -2.67. The van der Waals surface area contributed by atoms with Gasteiger partial charge in [-0.3, -0.25) is 4.79 Å². The number of hydrogen-bond acceptors (Lipinski definition) is 10. The lowest BCUT2D eigenvalue weighted by molar-refractivity contribution is -0.334. The molecule has 2 unspecified atom stereocenters. The zero-order valence-electron chi connectivity index (χ0n) is 35.7. The van der Waals surface area contributed by atoms with Crippen molar-refractivity contribution in [3.05, 3.63) is 168 Å². The van der Waals surface area contributed by atoms with Gasteiger partial charge in [0.1, 0.15) is 31.0 Å². The molecular formula is C50H58O10Si. The van der Waals surface area contributed by atoms with Crippen LogP contribution in [0.3, 0.4) is 0 Å². The number of esters is 2. The summed E-state index contributed by atoms with van der Waals surface area (Å²) in [6.45, 7) is 9.96. The van der Waals surface area contributed by atoms with Gasteiger partial charge in [-0.1, -0.05) is 172 Å². The third-order valence-corrected chi connectivity index (χ3v) is 15.6. The Morgan fingerprint density at radius 3 is 1.46 bits per heavy atom. The SMILES string of the molecule is CCOC(=O)[C@H](CO[Si](c1ccccc1)(c1ccccc1)C(C)(C)C)O[C@@H]1OC(COC(C)=O)[C@@H](OCc2ccccc2)[C@H](OCc2ccccc2)C1OCc1ccccc1. The van der Waals surface area contributed by atoms with E-state index in [1.54, 1.807) is 6.92 Å². The van der Waals surface area contributed by atoms with Gasteiger partial charge in [-0.05, 0) is 39.0 Å². The first-order valence-electron chi connectivity index (χ1n) is 20.9. The van der Waals surface area contributed by atoms with Crippen LogP contribution in [0.5, 0.6) is 0 Å². The molecule has 5 aromatic rings. The first kappa shape index (κ1) is 45.5. The second kappa shape index (κ2) is 22.2. The van der Waals surface area contributed by atoms with E-state index in [2.05, 4.69) is 45.0 Å². The second-order valence-corrected chi connectivity index (χ2v) is 20.3. The predicted molar refractivity (Wildman–Crippen MR) is 235 cm³/mol. The molecule has 6 rings (SSSR count). The van der Waals surface area contributed by atoms with Gasteiger partial charge in [-0.2, -0.15) is 0 Å². The van der Waals surface area contributed by atoms with E-state index in [-0.39, 0.29) is 44.7 Å². The van der Waals surface area contributed by atoms with Crippen molar-refractivity contribution in [1.82, 2.24) is 0 Å². The van der Waals surface area contributed by atoms with Crippen LogP contribution in [0.4, 0.5) is 0 Å². The van der Waals surface area contributed by atoms with E-state index in [1.165, 1.54) is 6.92 Å². The largest absolute Gasteiger partial charge is 0.464 e. The minimum absolute atomic E-state index is 0.116. The van der Waals surface area contributed by atoms with Crippen LogP contribution in [-0.4, -0.2) is 76.9 Å². The van der Waals surface area contributed by atoms with Crippen LogP contribution in [0.1, 0.15) is 51.3 Å². The second-order valence-electron chi connectivity index (χ2n) is 16.0. The molecule has 11 heteroatoms. The van der Waals surface area contributed by atoms with Crippen LogP contribution in [0, 0.1) is 0 Å². The summed E-state index contributed by atoms with van der Waals surface area (Å²) in [5.41, 5.74) is 2.76. The van der Waals surface area contributed by atoms with E-state index in [0.717, 1.165) is 27.1 Å². The monoisotopic (exact) mass is 846 g/mol. The summed E-state index contributed by atoms with van der Waals surface area (Å²) in [4.78, 5) is 26.4. The van der Waals surface area contributed by atoms with Crippen molar-refractivity contribution in [1.29, 1.82) is 0 Å². The van der Waals surface area contributed by atoms with Crippen LogP contribution < -0.4 is 10.4 Å². The molecule has 0 bridgehead atoms. The number of hydrogen-bond donors (Lipinski definition) is 0. The number of ether oxygens (including phenoxy) is 7. The maximum absolute atomic E-state index is 14.1. The van der Waals surface area contributed by atoms with Crippen molar-refractivity contribution in [2.45, 2.75) is 96.3 Å². The molecule has 0 aliphatic carbocycles. The number of rotatable bonds is 20. The molecule has 0 radical (unpaired) electrons. The molecule has 61 heavy (non-hydrogen) atoms. The Morgan fingerprint density at radius 2 is 1.03 bits per heavy atom. The lowest BCUT2D eigenvalue weighted by atomic mass is 9.97. The van der Waals surface area contributed by atoms with Gasteiger partial charge in [0.2, 0.25) is 0 Å². The highest BCUT2D eigenvalue weighted by Crippen LogP contribution is 2.38. The fourth-order valence-electron chi connectivity index (χ4n) is 7.71. The number of benzene rings is 5. The van der Waals surface area contributed by atoms with Gasteiger partial charge in [-0.25, -0.2) is 4.79 Å². The summed E-state index contributed by atoms with van der Waals surface area (Å²) in [7, 11) is -3.14. The van der Waals surface area contributed by atoms with Crippen LogP contribution in [0.15, 0.2) is 152 Å². The Balaban J connectivity index is 1.40. The third-order valence-electron chi connectivity index (χ3n) is 10.6. The molecule has 0 amide bonds. The van der Waals surface area contributed by atoms with E-state index < -0.39 is 57.1 Å². The predicted octanol–water partition coefficient (Wildman–Crippen LogP) is 7.56. The van der Waals surface area contributed by atoms with Crippen LogP contribution >= 0.6 is 0 Å². The van der Waals surface area contributed by atoms with Gasteiger partial charge in [0, 0.05) is 6.92 Å². The van der Waals surface area contributed by atoms with E-state index in [0.29, 0.717) is 0 Å². The Bertz CT molecular complexity index is 2010. The minimum atomic E-state index is -3.14. The zero-order chi connectivity index (χ0) is 43.1. The van der Waals surface area contributed by atoms with E-state index in [4.69, 9.17) is 37.6 Å². The molecule has 5 aromatic carbocycles. The van der Waals surface area contributed by atoms with Gasteiger partial charge >= 0.3 is 11.9 Å². The summed E-state index contributed by atoms with van der Waals surface area (Å²) in [6, 6.07) is 49.6. The molecule has 1 aliphatic heterocycles. The van der Waals surface area contributed by atoms with E-state index in [1.807, 2.05) is 127 Å². The molecule has 10 nitrogen and oxygen atoms in total. The molecule has 6 atom stereocenters. The summed E-state index contributed by atoms with van der Waals surface area (Å²) in [5, 5.41) is 1.71. The number of carbonyl (C=O) groups is 2. The Labute approximate surface area is 361 Å². The zero-order valence-corrected chi connectivity index (χ0v) is 36.7. The first-order chi connectivity index (χ1) is 29.6. The molecule has 0 saturated carbocycles. The molecule has 1 saturated heterocycles. The van der Waals surface area contributed by atoms with Gasteiger partial charge in [0.05, 0.1) is 33.0 Å². The quantitative estimate of drug-likeness (QED) is 0.0576. The van der Waals surface area contributed by atoms with Gasteiger partial charge < -0.3 is 37.6 Å². The molecule has 1 aliphatic rings. The number of carbonyl (C=O) groups excluding carboxylic acids is 2. The summed E-state index contributed by atoms with van der Waals surface area (Å²) < 4.78 is 52.4. The summed E-state index contributed by atoms with van der Waals surface area (Å²) in [5.74, 6) is -1.11. The lowest BCUT2D eigenvalue weighted by Gasteiger charge is -2.46. The highest BCUT2D eigenvalue weighted by molar-refractivity contribution is 6.99. The molecule has 0 spiro atoms. The molecule has 322 valence electrons. The fourth-order valence-corrected chi connectivity index (χ4v) is 12.3. The molecule has 1 heterocycles. The smallest absolute Gasteiger partial charge is 0.337 e. The maximum atomic E-state index is 14.1. The van der Waals surface area contributed by atoms with Gasteiger partial charge in [0.15, 0.2) is 12.4 Å². The van der Waals surface area contributed by atoms with Crippen molar-refractivity contribution in [2.75, 3.05) is 19.8 Å². The van der Waals surface area contributed by atoms with Crippen molar-refractivity contribution in [3.63, 3.8) is 0 Å². The Kier molecular flexibility index (Phi) is 16.6. The maximum Gasteiger partial charge on any atom is 0.337 e. The van der Waals surface area contributed by atoms with Gasteiger partial charge in [0.25, 0.3) is 8.32 Å². The van der Waals surface area contributed by atoms with Crippen molar-refractivity contribution in [2.24, 2.45) is 0 Å². The minimum Gasteiger partial charge on any atom is -0.464 e. The van der Waals surface area contributed by atoms with Crippen LogP contribution in [0.2, 0.25) is 5.04 Å². The topological polar surface area (TPSA) is 108 Å². The van der Waals surface area contributed by atoms with Crippen molar-refractivity contribution >= 4 is 30.6 Å². The normalized spacial score (nSPS) is 19.8. The first-order valence-corrected chi connectivity index (χ1v) is 22.8. The van der Waals surface area contributed by atoms with Gasteiger partial charge in [-0.15, -0.1) is 0 Å². The fraction of sp³-hybridized carbons (Fsp3) is 0.360. The molecule has 0 N–H and O–H groups in total. The van der Waals surface area contributed by atoms with E-state index in [9.17, 15) is 9.59 Å². The Hall–Kier alpha value is -4.98. The van der Waals surface area contributed by atoms with Crippen LogP contribution in [0.25, 0.3) is 0 Å². The average molecular weight is 847 g/mol. The molecule has 0 aromatic heterocycles. The molecular weight excluding hydrogens is 789 g/mol. The highest BCUT2D eigenvalue weighted by atomic mass is 28.4. The average Bonchev–Trinajstić information content (AvgIpc) is 3.27. The summed E-state index contributed by atoms with van der Waals surface area (Å²) >= 11 is 0. The Morgan fingerprint density at radius 1 is 0.607 bits per heavy atom. The molecule has 1 fully saturated rings. The highest BCUT2D eigenvalue weighted by Gasteiger charge is 2.53. The standard InChI is InChI=1S/C50H58O10Si/c1-6-53-48(52)44(36-58-61(50(3,4)5,41-28-18-10-19-29-41)42-30-20-11-21-31-42)60-49-47(57-34-40-26-16-9-17-27-40)46(56-33-39-24-14-8-15-25-39)45(43(59-49)35-54-37(2)51)55-32-38-22-12-7-13-23-38/h7-31,43-47,49H,6,32-36H2,1-5H3/t43?,44-,45+,46-,47?,49-/m0/s1. The van der Waals surface area contributed by atoms with Crippen LogP contribution in [-0.2, 0) is 67.0 Å². The third kappa shape index (κ3) is 12.1. The van der Waals surface area contributed by atoms with Crippen molar-refractivity contribution in [3.8, 4) is 0 Å².